The molecule has 20 heavy (non-hydrogen) atoms. The number of likely N-dealkylation sites (N-methyl/N-ethyl adjacent to an activating group) is 1. The molecule has 1 aromatic carbocycles. The van der Waals surface area contributed by atoms with Gasteiger partial charge in [-0.05, 0) is 47.6 Å². The van der Waals surface area contributed by atoms with Crippen LogP contribution >= 0.6 is 15.9 Å². The topological polar surface area (TPSA) is 58.4 Å². The Labute approximate surface area is 127 Å². The van der Waals surface area contributed by atoms with Gasteiger partial charge in [0.05, 0.1) is 11.3 Å². The average Bonchev–Trinajstić information content (AvgIpc) is 2.41. The molecule has 0 aliphatic rings. The molecule has 0 fully saturated rings. The van der Waals surface area contributed by atoms with Crippen LogP contribution in [0.15, 0.2) is 16.6 Å². The number of carbonyl (C=O) groups is 1. The molecule has 6 heteroatoms. The monoisotopic (exact) mass is 345 g/mol. The van der Waals surface area contributed by atoms with Gasteiger partial charge in [-0.3, -0.25) is 4.79 Å². The molecule has 0 saturated carbocycles. The summed E-state index contributed by atoms with van der Waals surface area (Å²) in [5.41, 5.74) is 5.80. The number of nitrogens with two attached hydrogens (primary N) is 1. The molecule has 0 unspecified atom stereocenters. The molecule has 0 aromatic heterocycles. The van der Waals surface area contributed by atoms with Gasteiger partial charge in [0.25, 0.3) is 5.91 Å². The molecule has 0 heterocycles. The van der Waals surface area contributed by atoms with Crippen LogP contribution in [0.3, 0.4) is 0 Å². The number of hydrogen-bond donors (Lipinski definition) is 2. The highest BCUT2D eigenvalue weighted by Crippen LogP contribution is 2.22. The van der Waals surface area contributed by atoms with E-state index in [-0.39, 0.29) is 11.6 Å². The maximum Gasteiger partial charge on any atom is 0.252 e. The minimum absolute atomic E-state index is 0.0282. The molecular formula is C14H21BrFN3O. The van der Waals surface area contributed by atoms with Gasteiger partial charge in [0.2, 0.25) is 0 Å². The van der Waals surface area contributed by atoms with Crippen molar-refractivity contribution >= 4 is 27.5 Å². The zero-order chi connectivity index (χ0) is 15.1. The number of nitrogens with one attached hydrogen (secondary N) is 1. The second-order valence-electron chi connectivity index (χ2n) is 4.54. The lowest BCUT2D eigenvalue weighted by molar-refractivity contribution is 0.0948. The molecule has 0 aliphatic heterocycles. The Morgan fingerprint density at radius 3 is 2.70 bits per heavy atom. The number of nitrogens with zero attached hydrogens (tertiary/aromatic N) is 1. The summed E-state index contributed by atoms with van der Waals surface area (Å²) >= 11 is 3.17. The summed E-state index contributed by atoms with van der Waals surface area (Å²) in [5, 5.41) is 2.82. The number of halogens is 2. The molecule has 0 radical (unpaired) electrons. The summed E-state index contributed by atoms with van der Waals surface area (Å²) in [5.74, 6) is -0.787. The Morgan fingerprint density at radius 1 is 1.40 bits per heavy atom. The van der Waals surface area contributed by atoms with E-state index in [1.165, 1.54) is 12.1 Å². The first-order chi connectivity index (χ1) is 9.49. The van der Waals surface area contributed by atoms with Crippen LogP contribution in [-0.2, 0) is 0 Å². The van der Waals surface area contributed by atoms with E-state index in [0.29, 0.717) is 16.6 Å². The van der Waals surface area contributed by atoms with Gasteiger partial charge in [0.15, 0.2) is 0 Å². The third-order valence-electron chi connectivity index (χ3n) is 3.03. The number of hydrogen-bond acceptors (Lipinski definition) is 3. The van der Waals surface area contributed by atoms with Gasteiger partial charge < -0.3 is 16.0 Å². The molecule has 0 aliphatic carbocycles. The third kappa shape index (κ3) is 4.76. The van der Waals surface area contributed by atoms with Gasteiger partial charge in [0.1, 0.15) is 5.82 Å². The SMILES string of the molecule is CCCN(CC)CCNC(=O)c1cc(N)c(F)cc1Br. The average molecular weight is 346 g/mol. The molecule has 4 nitrogen and oxygen atoms in total. The highest BCUT2D eigenvalue weighted by molar-refractivity contribution is 9.10. The van der Waals surface area contributed by atoms with Crippen molar-refractivity contribution in [3.05, 3.63) is 28.0 Å². The number of rotatable bonds is 7. The normalized spacial score (nSPS) is 10.8. The highest BCUT2D eigenvalue weighted by atomic mass is 79.9. The second kappa shape index (κ2) is 8.21. The largest absolute Gasteiger partial charge is 0.396 e. The summed E-state index contributed by atoms with van der Waals surface area (Å²) in [6.45, 7) is 7.53. The van der Waals surface area contributed by atoms with Gasteiger partial charge in [-0.2, -0.15) is 0 Å². The van der Waals surface area contributed by atoms with Gasteiger partial charge in [-0.1, -0.05) is 13.8 Å². The van der Waals surface area contributed by atoms with Crippen molar-refractivity contribution in [2.24, 2.45) is 0 Å². The lowest BCUT2D eigenvalue weighted by atomic mass is 10.2. The summed E-state index contributed by atoms with van der Waals surface area (Å²) in [6, 6.07) is 2.55. The van der Waals surface area contributed by atoms with Gasteiger partial charge in [-0.25, -0.2) is 4.39 Å². The van der Waals surface area contributed by atoms with Crippen molar-refractivity contribution in [2.75, 3.05) is 31.9 Å². The van der Waals surface area contributed by atoms with E-state index < -0.39 is 5.82 Å². The van der Waals surface area contributed by atoms with Gasteiger partial charge >= 0.3 is 0 Å². The first kappa shape index (κ1) is 16.9. The summed E-state index contributed by atoms with van der Waals surface area (Å²) in [6.07, 6.45) is 1.09. The summed E-state index contributed by atoms with van der Waals surface area (Å²) in [4.78, 5) is 14.3. The minimum atomic E-state index is -0.534. The molecule has 112 valence electrons. The van der Waals surface area contributed by atoms with E-state index in [0.717, 1.165) is 26.1 Å². The molecule has 0 bridgehead atoms. The molecular weight excluding hydrogens is 325 g/mol. The van der Waals surface area contributed by atoms with E-state index in [4.69, 9.17) is 5.73 Å². The predicted molar refractivity (Wildman–Crippen MR) is 83.3 cm³/mol. The summed E-state index contributed by atoms with van der Waals surface area (Å²) < 4.78 is 13.6. The van der Waals surface area contributed by atoms with Crippen LogP contribution in [0.25, 0.3) is 0 Å². The fourth-order valence-corrected chi connectivity index (χ4v) is 2.40. The van der Waals surface area contributed by atoms with E-state index in [1.54, 1.807) is 0 Å². The first-order valence-electron chi connectivity index (χ1n) is 6.74. The lowest BCUT2D eigenvalue weighted by Crippen LogP contribution is -2.35. The molecule has 3 N–H and O–H groups in total. The molecule has 0 atom stereocenters. The minimum Gasteiger partial charge on any atom is -0.396 e. The van der Waals surface area contributed by atoms with Crippen molar-refractivity contribution in [1.29, 1.82) is 0 Å². The van der Waals surface area contributed by atoms with Crippen molar-refractivity contribution in [3.8, 4) is 0 Å². The Balaban J connectivity index is 2.57. The zero-order valence-corrected chi connectivity index (χ0v) is 13.5. The summed E-state index contributed by atoms with van der Waals surface area (Å²) in [7, 11) is 0. The molecule has 1 amide bonds. The van der Waals surface area contributed by atoms with Gasteiger partial charge in [0, 0.05) is 17.6 Å². The third-order valence-corrected chi connectivity index (χ3v) is 3.69. The number of benzene rings is 1. The van der Waals surface area contributed by atoms with Crippen LogP contribution in [0.1, 0.15) is 30.6 Å². The highest BCUT2D eigenvalue weighted by Gasteiger charge is 2.13. The standard InChI is InChI=1S/C14H21BrFN3O/c1-3-6-19(4-2)7-5-18-14(20)10-8-13(17)12(16)9-11(10)15/h8-9H,3-7,17H2,1-2H3,(H,18,20). The fourth-order valence-electron chi connectivity index (χ4n) is 1.91. The number of amides is 1. The van der Waals surface area contributed by atoms with Crippen molar-refractivity contribution in [1.82, 2.24) is 10.2 Å². The molecule has 0 saturated heterocycles. The van der Waals surface area contributed by atoms with Crippen LogP contribution in [0.4, 0.5) is 10.1 Å². The van der Waals surface area contributed by atoms with Crippen LogP contribution in [0, 0.1) is 5.82 Å². The van der Waals surface area contributed by atoms with E-state index in [9.17, 15) is 9.18 Å². The predicted octanol–water partition coefficient (Wildman–Crippen LogP) is 2.63. The van der Waals surface area contributed by atoms with Crippen molar-refractivity contribution in [2.45, 2.75) is 20.3 Å². The number of carbonyl (C=O) groups excluding carboxylic acids is 1. The molecule has 1 aromatic rings. The number of nitrogen functional groups attached to an aromatic ring is 1. The Kier molecular flexibility index (Phi) is 6.95. The van der Waals surface area contributed by atoms with Crippen LogP contribution < -0.4 is 11.1 Å². The molecule has 0 spiro atoms. The van der Waals surface area contributed by atoms with Gasteiger partial charge in [-0.15, -0.1) is 0 Å². The van der Waals surface area contributed by atoms with E-state index >= 15 is 0 Å². The van der Waals surface area contributed by atoms with Crippen LogP contribution in [-0.4, -0.2) is 37.0 Å². The Bertz CT molecular complexity index is 468. The fraction of sp³-hybridized carbons (Fsp3) is 0.500. The zero-order valence-electron chi connectivity index (χ0n) is 11.9. The number of anilines is 1. The van der Waals surface area contributed by atoms with E-state index in [2.05, 4.69) is 40.0 Å². The smallest absolute Gasteiger partial charge is 0.252 e. The van der Waals surface area contributed by atoms with Crippen LogP contribution in [0.2, 0.25) is 0 Å². The maximum absolute atomic E-state index is 13.2. The van der Waals surface area contributed by atoms with Crippen molar-refractivity contribution < 1.29 is 9.18 Å². The van der Waals surface area contributed by atoms with Crippen LogP contribution in [0.5, 0.6) is 0 Å². The first-order valence-corrected chi connectivity index (χ1v) is 7.53. The van der Waals surface area contributed by atoms with Crippen molar-refractivity contribution in [3.63, 3.8) is 0 Å². The lowest BCUT2D eigenvalue weighted by Gasteiger charge is -2.19. The van der Waals surface area contributed by atoms with E-state index in [1.807, 2.05) is 0 Å². The maximum atomic E-state index is 13.2. The quantitative estimate of drug-likeness (QED) is 0.747. The Hall–Kier alpha value is -1.14. The Morgan fingerprint density at radius 2 is 2.10 bits per heavy atom. The second-order valence-corrected chi connectivity index (χ2v) is 5.40. The molecule has 1 rings (SSSR count).